The molecule has 0 aromatic heterocycles. The molecular weight excluding hydrogens is 1020 g/mol. The van der Waals surface area contributed by atoms with Gasteiger partial charge in [-0.15, -0.1) is 0 Å². The number of dihydropyridines is 1. The average molecular weight is 1110 g/mol. The standard InChI is InChI=1S/C77H92N2O4/c1-5-6-14-34-75-43-54-23-11-10-21-52(54)39-57(75)41-56-42-64-65-45-74-33-17-32-72(3)67(81)31-35-76(64,71(72)74)63-40-53-22-12-13-25-59(53)61(62(63)44-74)38-49-18-15-24-51(37-49)55-28-30-68(79-47-55)78-36-16-26-58(50-19-8-7-9-20-50)48(2)27-29-60(70(82)83)69-66(80)46-77(65,75)73(56,69)4/h10-13,15,17-18,21-25,28,30,33,37,39-40,43-44,50,56-58,60,63,66-67,69,71,78-81H,2,5-9,14,16,19-20,26-27,29,31-32,34-36,38,41-42,45-47H2,1,3-4H3,(H,82,83). The van der Waals surface area contributed by atoms with Crippen LogP contribution in [-0.4, -0.2) is 46.6 Å². The fraction of sp³-hybridized carbons (Fsp3) is 0.545. The van der Waals surface area contributed by atoms with E-state index < -0.39 is 46.3 Å². The highest BCUT2D eigenvalue weighted by Gasteiger charge is 2.81. The number of carboxylic acid groups (broad SMARTS) is 1. The molecule has 5 N–H and O–H groups in total. The molecule has 6 nitrogen and oxygen atoms in total. The summed E-state index contributed by atoms with van der Waals surface area (Å²) >= 11 is 0. The molecule has 0 saturated heterocycles. The van der Waals surface area contributed by atoms with Gasteiger partial charge in [0, 0.05) is 52.0 Å². The van der Waals surface area contributed by atoms with Crippen LogP contribution in [0.15, 0.2) is 138 Å². The number of rotatable bonds is 6. The van der Waals surface area contributed by atoms with Crippen LogP contribution in [0, 0.1) is 79.8 Å². The van der Waals surface area contributed by atoms with E-state index in [0.29, 0.717) is 31.1 Å². The highest BCUT2D eigenvalue weighted by Crippen LogP contribution is 2.87. The average Bonchev–Trinajstić information content (AvgIpc) is 2.03. The van der Waals surface area contributed by atoms with Crippen LogP contribution in [0.5, 0.6) is 0 Å². The lowest BCUT2D eigenvalue weighted by atomic mass is 9.26. The van der Waals surface area contributed by atoms with E-state index in [9.17, 15) is 20.1 Å². The molecule has 4 fully saturated rings. The van der Waals surface area contributed by atoms with Crippen LogP contribution < -0.4 is 31.5 Å². The van der Waals surface area contributed by atoms with Crippen LogP contribution in [0.4, 0.5) is 0 Å². The molecule has 0 radical (unpaired) electrons. The maximum Gasteiger partial charge on any atom is 0.306 e. The van der Waals surface area contributed by atoms with Gasteiger partial charge < -0.3 is 26.0 Å². The molecule has 10 aliphatic carbocycles. The molecule has 434 valence electrons. The number of aliphatic hydroxyl groups excluding tert-OH is 2. The molecule has 4 saturated carbocycles. The van der Waals surface area contributed by atoms with Crippen LogP contribution in [0.3, 0.4) is 0 Å². The Morgan fingerprint density at radius 2 is 1.65 bits per heavy atom. The number of hydrogen-bond acceptors (Lipinski definition) is 5. The summed E-state index contributed by atoms with van der Waals surface area (Å²) < 4.78 is 0. The van der Waals surface area contributed by atoms with E-state index in [-0.39, 0.29) is 39.9 Å². The van der Waals surface area contributed by atoms with E-state index in [2.05, 4.69) is 153 Å². The molecule has 6 aliphatic heterocycles. The maximum absolute atomic E-state index is 14.8. The van der Waals surface area contributed by atoms with Crippen LogP contribution in [-0.2, 0) is 11.2 Å². The molecule has 6 heterocycles. The fourth-order valence-corrected chi connectivity index (χ4v) is 23.1. The van der Waals surface area contributed by atoms with Crippen LogP contribution >= 0.6 is 0 Å². The Kier molecular flexibility index (Phi) is 13.1. The first-order valence-electron chi connectivity index (χ1n) is 33.3. The summed E-state index contributed by atoms with van der Waals surface area (Å²) in [6.45, 7) is 14.0. The first kappa shape index (κ1) is 54.2. The van der Waals surface area contributed by atoms with Crippen molar-refractivity contribution in [2.75, 3.05) is 13.1 Å². The topological polar surface area (TPSA) is 102 Å². The second-order valence-corrected chi connectivity index (χ2v) is 29.6. The lowest BCUT2D eigenvalue weighted by molar-refractivity contribution is -0.188. The predicted octanol–water partition coefficient (Wildman–Crippen LogP) is 12.5. The van der Waals surface area contributed by atoms with Crippen molar-refractivity contribution in [2.24, 2.45) is 79.8 Å². The monoisotopic (exact) mass is 1110 g/mol. The third-order valence-corrected chi connectivity index (χ3v) is 26.2. The zero-order chi connectivity index (χ0) is 56.7. The Labute approximate surface area is 494 Å². The van der Waals surface area contributed by atoms with Gasteiger partial charge in [-0.1, -0.05) is 198 Å². The van der Waals surface area contributed by atoms with Gasteiger partial charge in [-0.25, -0.2) is 0 Å². The van der Waals surface area contributed by atoms with Gasteiger partial charge in [0.05, 0.1) is 23.9 Å². The molecular formula is C77H92N2O4. The van der Waals surface area contributed by atoms with Crippen LogP contribution in [0.2, 0.25) is 0 Å². The minimum atomic E-state index is -0.782. The van der Waals surface area contributed by atoms with Crippen molar-refractivity contribution in [1.29, 1.82) is 0 Å². The Morgan fingerprint density at radius 1 is 0.831 bits per heavy atom. The van der Waals surface area contributed by atoms with E-state index in [1.165, 1.54) is 86.4 Å². The Bertz CT molecular complexity index is 3610. The zero-order valence-corrected chi connectivity index (χ0v) is 50.0. The van der Waals surface area contributed by atoms with Crippen LogP contribution in [0.25, 0.3) is 29.4 Å². The second-order valence-electron chi connectivity index (χ2n) is 29.6. The summed E-state index contributed by atoms with van der Waals surface area (Å²) in [4.78, 5) is 14.8. The number of nitrogens with one attached hydrogen (secondary N) is 2. The Balaban J connectivity index is 0.987. The summed E-state index contributed by atoms with van der Waals surface area (Å²) in [7, 11) is 0. The van der Waals surface area contributed by atoms with Gasteiger partial charge in [0.25, 0.3) is 0 Å². The van der Waals surface area contributed by atoms with Gasteiger partial charge in [-0.05, 0) is 186 Å². The molecule has 6 heteroatoms. The van der Waals surface area contributed by atoms with E-state index in [1.54, 1.807) is 11.1 Å². The van der Waals surface area contributed by atoms with Gasteiger partial charge in [-0.2, -0.15) is 0 Å². The van der Waals surface area contributed by atoms with Crippen molar-refractivity contribution in [3.05, 3.63) is 170 Å². The van der Waals surface area contributed by atoms with E-state index >= 15 is 0 Å². The molecule has 15 unspecified atom stereocenters. The van der Waals surface area contributed by atoms with E-state index in [4.69, 9.17) is 6.58 Å². The number of aliphatic hydroxyl groups is 2. The SMILES string of the molecule is C=C1CCC(C(=O)O)C2C(O)CC34C5=C(CC(CC6C=c7ccccc7=CC63CCCCC)C24C)C23CCC(O)C4(C)CC=CC(C=C6C(=c7ccccc7=CC62)Cc2cccc(c2)C2=CC=C(NCCCC1C1CCCCC1)NC2)(C5)C43. The minimum absolute atomic E-state index is 0.0881. The predicted molar refractivity (Wildman–Crippen MR) is 335 cm³/mol. The number of hydrogen-bond donors (Lipinski definition) is 5. The van der Waals surface area contributed by atoms with Crippen molar-refractivity contribution in [1.82, 2.24) is 10.6 Å². The molecule has 2 spiro atoms. The van der Waals surface area contributed by atoms with Crippen LogP contribution in [0.1, 0.15) is 160 Å². The van der Waals surface area contributed by atoms with Crippen molar-refractivity contribution in [3.63, 3.8) is 0 Å². The van der Waals surface area contributed by atoms with Crippen molar-refractivity contribution >= 4 is 35.3 Å². The van der Waals surface area contributed by atoms with Gasteiger partial charge in [0.2, 0.25) is 0 Å². The van der Waals surface area contributed by atoms with Gasteiger partial charge in [-0.3, -0.25) is 4.79 Å². The molecule has 3 aromatic carbocycles. The van der Waals surface area contributed by atoms with E-state index in [1.807, 2.05) is 0 Å². The Hall–Kier alpha value is -5.43. The van der Waals surface area contributed by atoms with Crippen molar-refractivity contribution in [3.8, 4) is 0 Å². The second kappa shape index (κ2) is 20.1. The first-order chi connectivity index (χ1) is 40.3. The summed E-state index contributed by atoms with van der Waals surface area (Å²) in [5, 5.41) is 51.6. The third kappa shape index (κ3) is 7.74. The van der Waals surface area contributed by atoms with Crippen molar-refractivity contribution < 1.29 is 20.1 Å². The highest BCUT2D eigenvalue weighted by molar-refractivity contribution is 5.78. The number of allylic oxidation sites excluding steroid dienone is 9. The number of benzene rings is 3. The van der Waals surface area contributed by atoms with Gasteiger partial charge in [0.1, 0.15) is 0 Å². The van der Waals surface area contributed by atoms with Crippen molar-refractivity contribution in [2.45, 2.75) is 168 Å². The van der Waals surface area contributed by atoms with Gasteiger partial charge >= 0.3 is 5.97 Å². The summed E-state index contributed by atoms with van der Waals surface area (Å²) in [6.07, 6.45) is 40.0. The summed E-state index contributed by atoms with van der Waals surface area (Å²) in [5.74, 6) is 0.782. The fourth-order valence-electron chi connectivity index (χ4n) is 23.1. The zero-order valence-electron chi connectivity index (χ0n) is 50.0. The smallest absolute Gasteiger partial charge is 0.306 e. The van der Waals surface area contributed by atoms with E-state index in [0.717, 1.165) is 102 Å². The number of carboxylic acids is 1. The molecule has 3 aromatic rings. The Morgan fingerprint density at radius 3 is 2.46 bits per heavy atom. The lowest BCUT2D eigenvalue weighted by Gasteiger charge is -2.77. The number of aliphatic carboxylic acids is 1. The summed E-state index contributed by atoms with van der Waals surface area (Å²) in [5.41, 5.74) is 8.85. The quantitative estimate of drug-likeness (QED) is 0.125. The molecule has 19 rings (SSSR count). The number of carbonyl (C=O) groups is 1. The first-order valence-corrected chi connectivity index (χ1v) is 33.3. The molecule has 15 bridgehead atoms. The molecule has 15 atom stereocenters. The maximum atomic E-state index is 14.8. The molecule has 83 heavy (non-hydrogen) atoms. The largest absolute Gasteiger partial charge is 0.481 e. The third-order valence-electron chi connectivity index (χ3n) is 26.2. The highest BCUT2D eigenvalue weighted by atomic mass is 16.4. The minimum Gasteiger partial charge on any atom is -0.481 e. The number of fused-ring (bicyclic) bond motifs is 3. The number of unbranched alkanes of at least 4 members (excludes halogenated alkanes) is 2. The van der Waals surface area contributed by atoms with Gasteiger partial charge in [0.15, 0.2) is 0 Å². The lowest BCUT2D eigenvalue weighted by Crippen LogP contribution is -2.71. The normalized spacial score (nSPS) is 40.2. The summed E-state index contributed by atoms with van der Waals surface area (Å²) in [6, 6.07) is 27.8. The molecule has 16 aliphatic rings. The molecule has 0 amide bonds.